The van der Waals surface area contributed by atoms with E-state index in [0.717, 1.165) is 21.8 Å². The number of oxazole rings is 1. The van der Waals surface area contributed by atoms with Crippen LogP contribution < -0.4 is 4.90 Å². The first-order valence-electron chi connectivity index (χ1n) is 5.70. The van der Waals surface area contributed by atoms with Crippen LogP contribution in [0.1, 0.15) is 10.7 Å². The van der Waals surface area contributed by atoms with Gasteiger partial charge in [0.1, 0.15) is 5.52 Å². The number of anilines is 1. The second kappa shape index (κ2) is 4.42. The maximum absolute atomic E-state index is 5.70. The standard InChI is InChI=1S/C13H13N3OS/c1-9-14-10(8-18-9)7-16(2)13-15-11-5-3-4-6-12(11)17-13/h3-6,8H,7H2,1-2H3. The van der Waals surface area contributed by atoms with Crippen molar-refractivity contribution in [1.82, 2.24) is 9.97 Å². The molecule has 0 spiro atoms. The van der Waals surface area contributed by atoms with Crippen molar-refractivity contribution < 1.29 is 4.42 Å². The quantitative estimate of drug-likeness (QED) is 0.724. The molecule has 92 valence electrons. The molecular weight excluding hydrogens is 246 g/mol. The SMILES string of the molecule is Cc1nc(CN(C)c2nc3ccccc3o2)cs1. The molecule has 4 nitrogen and oxygen atoms in total. The monoisotopic (exact) mass is 259 g/mol. The van der Waals surface area contributed by atoms with Gasteiger partial charge in [0.2, 0.25) is 0 Å². The number of hydrogen-bond donors (Lipinski definition) is 0. The van der Waals surface area contributed by atoms with Crippen molar-refractivity contribution in [2.45, 2.75) is 13.5 Å². The molecule has 0 radical (unpaired) electrons. The molecule has 0 atom stereocenters. The summed E-state index contributed by atoms with van der Waals surface area (Å²) in [5.41, 5.74) is 2.74. The van der Waals surface area contributed by atoms with Crippen molar-refractivity contribution in [2.75, 3.05) is 11.9 Å². The van der Waals surface area contributed by atoms with Crippen LogP contribution >= 0.6 is 11.3 Å². The van der Waals surface area contributed by atoms with E-state index in [0.29, 0.717) is 12.6 Å². The molecule has 0 aliphatic carbocycles. The molecule has 3 aromatic rings. The minimum atomic E-state index is 0.627. The van der Waals surface area contributed by atoms with E-state index in [1.54, 1.807) is 11.3 Å². The average molecular weight is 259 g/mol. The van der Waals surface area contributed by atoms with Gasteiger partial charge in [-0.1, -0.05) is 12.1 Å². The largest absolute Gasteiger partial charge is 0.423 e. The number of hydrogen-bond acceptors (Lipinski definition) is 5. The van der Waals surface area contributed by atoms with Crippen molar-refractivity contribution in [1.29, 1.82) is 0 Å². The van der Waals surface area contributed by atoms with E-state index >= 15 is 0 Å². The topological polar surface area (TPSA) is 42.2 Å². The first-order valence-corrected chi connectivity index (χ1v) is 6.58. The number of fused-ring (bicyclic) bond motifs is 1. The van der Waals surface area contributed by atoms with Gasteiger partial charge in [-0.25, -0.2) is 4.98 Å². The molecule has 0 N–H and O–H groups in total. The highest BCUT2D eigenvalue weighted by Gasteiger charge is 2.11. The van der Waals surface area contributed by atoms with Crippen LogP contribution in [0, 0.1) is 6.92 Å². The van der Waals surface area contributed by atoms with Crippen molar-refractivity contribution in [3.63, 3.8) is 0 Å². The van der Waals surface area contributed by atoms with E-state index in [9.17, 15) is 0 Å². The van der Waals surface area contributed by atoms with Crippen molar-refractivity contribution in [3.05, 3.63) is 40.3 Å². The molecule has 0 unspecified atom stereocenters. The molecule has 0 fully saturated rings. The molecule has 3 rings (SSSR count). The molecule has 0 aliphatic rings. The Bertz CT molecular complexity index is 640. The second-order valence-electron chi connectivity index (χ2n) is 4.18. The average Bonchev–Trinajstić information content (AvgIpc) is 2.95. The number of benzene rings is 1. The lowest BCUT2D eigenvalue weighted by molar-refractivity contribution is 0.581. The summed E-state index contributed by atoms with van der Waals surface area (Å²) in [5, 5.41) is 3.14. The van der Waals surface area contributed by atoms with Crippen LogP contribution in [0.25, 0.3) is 11.1 Å². The Morgan fingerprint density at radius 1 is 1.28 bits per heavy atom. The number of aryl methyl sites for hydroxylation is 1. The predicted octanol–water partition coefficient (Wildman–Crippen LogP) is 3.23. The third kappa shape index (κ3) is 2.09. The maximum atomic E-state index is 5.70. The van der Waals surface area contributed by atoms with Crippen LogP contribution in [0.4, 0.5) is 6.01 Å². The minimum Gasteiger partial charge on any atom is -0.423 e. The molecule has 1 aromatic carbocycles. The summed E-state index contributed by atoms with van der Waals surface area (Å²) in [7, 11) is 1.96. The summed E-state index contributed by atoms with van der Waals surface area (Å²) in [5.74, 6) is 0. The Kier molecular flexibility index (Phi) is 2.76. The van der Waals surface area contributed by atoms with E-state index in [4.69, 9.17) is 4.42 Å². The van der Waals surface area contributed by atoms with Crippen LogP contribution in [-0.4, -0.2) is 17.0 Å². The highest BCUT2D eigenvalue weighted by Crippen LogP contribution is 2.22. The van der Waals surface area contributed by atoms with E-state index in [1.165, 1.54) is 0 Å². The number of para-hydroxylation sites is 2. The summed E-state index contributed by atoms with van der Waals surface area (Å²) in [6, 6.07) is 8.40. The Morgan fingerprint density at radius 3 is 2.83 bits per heavy atom. The van der Waals surface area contributed by atoms with Gasteiger partial charge in [0.15, 0.2) is 5.58 Å². The lowest BCUT2D eigenvalue weighted by Gasteiger charge is -2.11. The van der Waals surface area contributed by atoms with Gasteiger partial charge in [-0.3, -0.25) is 0 Å². The van der Waals surface area contributed by atoms with Gasteiger partial charge in [-0.2, -0.15) is 4.98 Å². The smallest absolute Gasteiger partial charge is 0.298 e. The fourth-order valence-electron chi connectivity index (χ4n) is 1.81. The highest BCUT2D eigenvalue weighted by atomic mass is 32.1. The molecule has 2 heterocycles. The number of rotatable bonds is 3. The van der Waals surface area contributed by atoms with Gasteiger partial charge in [-0.15, -0.1) is 11.3 Å². The Labute approximate surface area is 109 Å². The third-order valence-corrected chi connectivity index (χ3v) is 3.50. The summed E-state index contributed by atoms with van der Waals surface area (Å²) in [6.45, 7) is 2.71. The predicted molar refractivity (Wildman–Crippen MR) is 73.0 cm³/mol. The van der Waals surface area contributed by atoms with Crippen molar-refractivity contribution >= 4 is 28.5 Å². The van der Waals surface area contributed by atoms with Gasteiger partial charge in [0.25, 0.3) is 6.01 Å². The van der Waals surface area contributed by atoms with E-state index < -0.39 is 0 Å². The fourth-order valence-corrected chi connectivity index (χ4v) is 2.42. The Morgan fingerprint density at radius 2 is 2.11 bits per heavy atom. The van der Waals surface area contributed by atoms with Gasteiger partial charge in [0.05, 0.1) is 17.2 Å². The van der Waals surface area contributed by atoms with Gasteiger partial charge >= 0.3 is 0 Å². The van der Waals surface area contributed by atoms with Crippen LogP contribution in [0.2, 0.25) is 0 Å². The van der Waals surface area contributed by atoms with E-state index in [2.05, 4.69) is 15.3 Å². The number of aromatic nitrogens is 2. The van der Waals surface area contributed by atoms with E-state index in [1.807, 2.05) is 43.1 Å². The zero-order chi connectivity index (χ0) is 12.5. The van der Waals surface area contributed by atoms with E-state index in [-0.39, 0.29) is 0 Å². The van der Waals surface area contributed by atoms with Crippen LogP contribution in [0.3, 0.4) is 0 Å². The number of nitrogens with zero attached hydrogens (tertiary/aromatic N) is 3. The zero-order valence-electron chi connectivity index (χ0n) is 10.3. The molecule has 0 amide bonds. The summed E-state index contributed by atoms with van der Waals surface area (Å²) in [4.78, 5) is 10.9. The van der Waals surface area contributed by atoms with Crippen LogP contribution in [-0.2, 0) is 6.54 Å². The highest BCUT2D eigenvalue weighted by molar-refractivity contribution is 7.09. The normalized spacial score (nSPS) is 11.0. The molecule has 0 bridgehead atoms. The summed E-state index contributed by atoms with van der Waals surface area (Å²) >= 11 is 1.66. The second-order valence-corrected chi connectivity index (χ2v) is 5.24. The molecule has 18 heavy (non-hydrogen) atoms. The zero-order valence-corrected chi connectivity index (χ0v) is 11.1. The molecule has 5 heteroatoms. The van der Waals surface area contributed by atoms with Crippen molar-refractivity contribution in [3.8, 4) is 0 Å². The van der Waals surface area contributed by atoms with Crippen LogP contribution in [0.15, 0.2) is 34.1 Å². The molecular formula is C13H13N3OS. The lowest BCUT2D eigenvalue weighted by Crippen LogP contribution is -2.16. The first-order chi connectivity index (χ1) is 8.72. The molecule has 2 aromatic heterocycles. The van der Waals surface area contributed by atoms with Crippen LogP contribution in [0.5, 0.6) is 0 Å². The molecule has 0 saturated carbocycles. The minimum absolute atomic E-state index is 0.627. The molecule has 0 saturated heterocycles. The van der Waals surface area contributed by atoms with Gasteiger partial charge < -0.3 is 9.32 Å². The maximum Gasteiger partial charge on any atom is 0.298 e. The lowest BCUT2D eigenvalue weighted by atomic mass is 10.3. The fraction of sp³-hybridized carbons (Fsp3) is 0.231. The van der Waals surface area contributed by atoms with Crippen molar-refractivity contribution in [2.24, 2.45) is 0 Å². The Hall–Kier alpha value is -1.88. The van der Waals surface area contributed by atoms with Gasteiger partial charge in [0, 0.05) is 12.4 Å². The summed E-state index contributed by atoms with van der Waals surface area (Å²) in [6.07, 6.45) is 0. The number of thiazole rings is 1. The van der Waals surface area contributed by atoms with Gasteiger partial charge in [-0.05, 0) is 19.1 Å². The Balaban J connectivity index is 1.85. The molecule has 0 aliphatic heterocycles. The first kappa shape index (κ1) is 11.2. The third-order valence-electron chi connectivity index (χ3n) is 2.67. The summed E-state index contributed by atoms with van der Waals surface area (Å²) < 4.78 is 5.70.